The van der Waals surface area contributed by atoms with Crippen LogP contribution in [0, 0.1) is 17.8 Å². The summed E-state index contributed by atoms with van der Waals surface area (Å²) in [5, 5.41) is 0. The number of carbonyl (C=O) groups is 1. The molecule has 0 bridgehead atoms. The molecule has 0 saturated heterocycles. The van der Waals surface area contributed by atoms with Crippen molar-refractivity contribution in [2.45, 2.75) is 52.1 Å². The molecule has 0 aromatic heterocycles. The summed E-state index contributed by atoms with van der Waals surface area (Å²) in [6, 6.07) is 0. The number of ether oxygens (including phenoxy) is 1. The number of carbonyl (C=O) groups excluding carboxylic acids is 1. The second-order valence-electron chi connectivity index (χ2n) is 5.49. The van der Waals surface area contributed by atoms with Gasteiger partial charge in [-0.3, -0.25) is 0 Å². The number of hydrogen-bond donors (Lipinski definition) is 0. The highest BCUT2D eigenvalue weighted by atomic mass is 16.5. The van der Waals surface area contributed by atoms with Crippen molar-refractivity contribution in [3.8, 4) is 0 Å². The zero-order valence-electron chi connectivity index (χ0n) is 10.4. The first-order chi connectivity index (χ1) is 7.59. The van der Waals surface area contributed by atoms with E-state index in [1.165, 1.54) is 32.1 Å². The minimum atomic E-state index is -0.228. The van der Waals surface area contributed by atoms with Crippen molar-refractivity contribution in [1.29, 1.82) is 0 Å². The third-order valence-corrected chi connectivity index (χ3v) is 4.38. The highest BCUT2D eigenvalue weighted by Gasteiger charge is 2.42. The Kier molecular flexibility index (Phi) is 3.36. The van der Waals surface area contributed by atoms with Crippen LogP contribution in [0.3, 0.4) is 0 Å². The van der Waals surface area contributed by atoms with Crippen LogP contribution >= 0.6 is 0 Å². The molecule has 2 aliphatic rings. The molecule has 4 atom stereocenters. The molecule has 0 N–H and O–H groups in total. The summed E-state index contributed by atoms with van der Waals surface area (Å²) in [5.74, 6) is 2.09. The van der Waals surface area contributed by atoms with Crippen molar-refractivity contribution in [1.82, 2.24) is 0 Å². The largest absolute Gasteiger partial charge is 0.459 e. The maximum atomic E-state index is 11.5. The summed E-state index contributed by atoms with van der Waals surface area (Å²) in [6.07, 6.45) is 6.74. The van der Waals surface area contributed by atoms with Gasteiger partial charge in [0.1, 0.15) is 6.10 Å². The molecule has 90 valence electrons. The van der Waals surface area contributed by atoms with Gasteiger partial charge in [-0.05, 0) is 50.9 Å². The normalized spacial score (nSPS) is 34.5. The van der Waals surface area contributed by atoms with Gasteiger partial charge in [0.15, 0.2) is 0 Å². The second-order valence-corrected chi connectivity index (χ2v) is 5.49. The average Bonchev–Trinajstić information content (AvgIpc) is 2.77. The fourth-order valence-corrected chi connectivity index (χ4v) is 3.55. The fourth-order valence-electron chi connectivity index (χ4n) is 3.55. The standard InChI is InChI=1S/C14H22O2/c1-9(2)14(15)16-10(3)12-8-7-11-5-4-6-13(11)12/h10-13H,1,4-8H2,2-3H3. The molecule has 0 spiro atoms. The molecular formula is C14H22O2. The number of fused-ring (bicyclic) bond motifs is 1. The van der Waals surface area contributed by atoms with E-state index in [9.17, 15) is 4.79 Å². The van der Waals surface area contributed by atoms with Gasteiger partial charge in [-0.1, -0.05) is 19.4 Å². The molecule has 16 heavy (non-hydrogen) atoms. The first-order valence-electron chi connectivity index (χ1n) is 6.46. The molecule has 4 unspecified atom stereocenters. The Bertz CT molecular complexity index is 295. The molecule has 2 fully saturated rings. The van der Waals surface area contributed by atoms with Crippen LogP contribution < -0.4 is 0 Å². The van der Waals surface area contributed by atoms with Crippen LogP contribution in [0.25, 0.3) is 0 Å². The summed E-state index contributed by atoms with van der Waals surface area (Å²) in [7, 11) is 0. The molecule has 0 aliphatic heterocycles. The Hall–Kier alpha value is -0.790. The van der Waals surface area contributed by atoms with Crippen LogP contribution in [0.1, 0.15) is 46.0 Å². The predicted octanol–water partition coefficient (Wildman–Crippen LogP) is 3.32. The van der Waals surface area contributed by atoms with E-state index in [1.54, 1.807) is 6.92 Å². The van der Waals surface area contributed by atoms with Crippen LogP contribution in [0.15, 0.2) is 12.2 Å². The molecule has 0 radical (unpaired) electrons. The SMILES string of the molecule is C=C(C)C(=O)OC(C)C1CCC2CCCC21. The van der Waals surface area contributed by atoms with E-state index in [-0.39, 0.29) is 12.1 Å². The van der Waals surface area contributed by atoms with Gasteiger partial charge in [0.05, 0.1) is 0 Å². The van der Waals surface area contributed by atoms with Crippen molar-refractivity contribution < 1.29 is 9.53 Å². The quantitative estimate of drug-likeness (QED) is 0.541. The lowest BCUT2D eigenvalue weighted by Crippen LogP contribution is -2.27. The van der Waals surface area contributed by atoms with Crippen molar-refractivity contribution in [2.75, 3.05) is 0 Å². The van der Waals surface area contributed by atoms with E-state index >= 15 is 0 Å². The minimum absolute atomic E-state index is 0.0669. The molecule has 2 saturated carbocycles. The highest BCUT2D eigenvalue weighted by Crippen LogP contribution is 2.49. The molecule has 0 aromatic rings. The molecule has 2 rings (SSSR count). The summed E-state index contributed by atoms with van der Waals surface area (Å²) in [6.45, 7) is 7.38. The number of rotatable bonds is 3. The maximum Gasteiger partial charge on any atom is 0.333 e. The number of esters is 1. The van der Waals surface area contributed by atoms with Gasteiger partial charge in [-0.25, -0.2) is 4.79 Å². The van der Waals surface area contributed by atoms with E-state index in [0.29, 0.717) is 11.5 Å². The van der Waals surface area contributed by atoms with Crippen molar-refractivity contribution >= 4 is 5.97 Å². The van der Waals surface area contributed by atoms with Crippen molar-refractivity contribution in [2.24, 2.45) is 17.8 Å². The molecule has 2 heteroatoms. The van der Waals surface area contributed by atoms with Crippen LogP contribution in [0.5, 0.6) is 0 Å². The van der Waals surface area contributed by atoms with E-state index < -0.39 is 0 Å². The smallest absolute Gasteiger partial charge is 0.333 e. The van der Waals surface area contributed by atoms with E-state index in [1.807, 2.05) is 6.92 Å². The van der Waals surface area contributed by atoms with Gasteiger partial charge in [0.2, 0.25) is 0 Å². The Morgan fingerprint density at radius 2 is 2.06 bits per heavy atom. The lowest BCUT2D eigenvalue weighted by atomic mass is 9.88. The molecule has 0 amide bonds. The lowest BCUT2D eigenvalue weighted by molar-refractivity contribution is -0.146. The molecule has 0 heterocycles. The molecule has 2 nitrogen and oxygen atoms in total. The zero-order valence-corrected chi connectivity index (χ0v) is 10.4. The third kappa shape index (κ3) is 2.16. The van der Waals surface area contributed by atoms with Crippen molar-refractivity contribution in [3.63, 3.8) is 0 Å². The Morgan fingerprint density at radius 1 is 1.31 bits per heavy atom. The first kappa shape index (κ1) is 11.7. The molecule has 0 aromatic carbocycles. The minimum Gasteiger partial charge on any atom is -0.459 e. The highest BCUT2D eigenvalue weighted by molar-refractivity contribution is 5.87. The van der Waals surface area contributed by atoms with Crippen LogP contribution in [-0.4, -0.2) is 12.1 Å². The monoisotopic (exact) mass is 222 g/mol. The van der Waals surface area contributed by atoms with Crippen molar-refractivity contribution in [3.05, 3.63) is 12.2 Å². The second kappa shape index (κ2) is 4.60. The number of hydrogen-bond acceptors (Lipinski definition) is 2. The topological polar surface area (TPSA) is 26.3 Å². The van der Waals surface area contributed by atoms with Gasteiger partial charge >= 0.3 is 5.97 Å². The lowest BCUT2D eigenvalue weighted by Gasteiger charge is -2.25. The van der Waals surface area contributed by atoms with Crippen LogP contribution in [-0.2, 0) is 9.53 Å². The predicted molar refractivity (Wildman–Crippen MR) is 63.9 cm³/mol. The van der Waals surface area contributed by atoms with E-state index in [0.717, 1.165) is 11.8 Å². The third-order valence-electron chi connectivity index (χ3n) is 4.38. The van der Waals surface area contributed by atoms with Gasteiger partial charge in [0, 0.05) is 5.57 Å². The van der Waals surface area contributed by atoms with E-state index in [2.05, 4.69) is 6.58 Å². The van der Waals surface area contributed by atoms with E-state index in [4.69, 9.17) is 4.74 Å². The maximum absolute atomic E-state index is 11.5. The Labute approximate surface area is 98.1 Å². The summed E-state index contributed by atoms with van der Waals surface area (Å²) in [4.78, 5) is 11.5. The first-order valence-corrected chi connectivity index (χ1v) is 6.46. The van der Waals surface area contributed by atoms with Gasteiger partial charge < -0.3 is 4.74 Å². The Balaban J connectivity index is 1.92. The molecule has 2 aliphatic carbocycles. The van der Waals surface area contributed by atoms with Crippen LogP contribution in [0.4, 0.5) is 0 Å². The summed E-state index contributed by atoms with van der Waals surface area (Å²) in [5.41, 5.74) is 0.507. The summed E-state index contributed by atoms with van der Waals surface area (Å²) >= 11 is 0. The molecular weight excluding hydrogens is 200 g/mol. The average molecular weight is 222 g/mol. The zero-order chi connectivity index (χ0) is 11.7. The van der Waals surface area contributed by atoms with Gasteiger partial charge in [0.25, 0.3) is 0 Å². The van der Waals surface area contributed by atoms with Crippen LogP contribution in [0.2, 0.25) is 0 Å². The van der Waals surface area contributed by atoms with Gasteiger partial charge in [-0.15, -0.1) is 0 Å². The van der Waals surface area contributed by atoms with Gasteiger partial charge in [-0.2, -0.15) is 0 Å². The fraction of sp³-hybridized carbons (Fsp3) is 0.786. The Morgan fingerprint density at radius 3 is 2.75 bits per heavy atom. The summed E-state index contributed by atoms with van der Waals surface area (Å²) < 4.78 is 5.47.